The lowest BCUT2D eigenvalue weighted by Crippen LogP contribution is -2.11. The first-order chi connectivity index (χ1) is 14.1. The van der Waals surface area contributed by atoms with Crippen molar-refractivity contribution in [3.63, 3.8) is 0 Å². The highest BCUT2D eigenvalue weighted by atomic mass is 32.1. The minimum absolute atomic E-state index is 0.335. The third-order valence-electron chi connectivity index (χ3n) is 4.35. The molecular weight excluding hydrogens is 392 g/mol. The van der Waals surface area contributed by atoms with Crippen molar-refractivity contribution in [3.05, 3.63) is 48.2 Å². The number of hydrogen-bond donors (Lipinski definition) is 2. The van der Waals surface area contributed by atoms with Gasteiger partial charge in [0.2, 0.25) is 5.13 Å². The molecule has 2 N–H and O–H groups in total. The van der Waals surface area contributed by atoms with Crippen molar-refractivity contribution in [3.8, 4) is 27.8 Å². The van der Waals surface area contributed by atoms with Crippen LogP contribution in [0.3, 0.4) is 0 Å². The smallest absolute Gasteiger partial charge is 0.273 e. The Morgan fingerprint density at radius 1 is 1.00 bits per heavy atom. The number of fused-ring (bicyclic) bond motifs is 1. The predicted octanol–water partition coefficient (Wildman–Crippen LogP) is 3.96. The second kappa shape index (κ2) is 7.80. The van der Waals surface area contributed by atoms with Crippen molar-refractivity contribution in [2.24, 2.45) is 0 Å². The average Bonchev–Trinajstić information content (AvgIpc) is 3.40. The molecule has 0 saturated carbocycles. The van der Waals surface area contributed by atoms with E-state index in [9.17, 15) is 4.79 Å². The molecule has 148 valence electrons. The number of anilines is 1. The summed E-state index contributed by atoms with van der Waals surface area (Å²) in [6.45, 7) is 0. The first-order valence-corrected chi connectivity index (χ1v) is 9.48. The van der Waals surface area contributed by atoms with Gasteiger partial charge in [-0.05, 0) is 6.07 Å². The number of carbonyl (C=O) groups excluding carboxylic acids is 1. The summed E-state index contributed by atoms with van der Waals surface area (Å²) in [4.78, 5) is 15.8. The maximum atomic E-state index is 12.8. The molecule has 0 aliphatic rings. The number of H-pyrrole nitrogens is 1. The molecule has 0 atom stereocenters. The maximum absolute atomic E-state index is 12.8. The topological polar surface area (TPSA) is 98.4 Å². The van der Waals surface area contributed by atoms with Gasteiger partial charge in [-0.2, -0.15) is 0 Å². The van der Waals surface area contributed by atoms with E-state index in [4.69, 9.17) is 14.2 Å². The summed E-state index contributed by atoms with van der Waals surface area (Å²) in [5.41, 5.74) is 1.88. The number of hydrogen-bond acceptors (Lipinski definition) is 7. The highest BCUT2D eigenvalue weighted by Crippen LogP contribution is 2.41. The number of amides is 1. The Balaban J connectivity index is 1.65. The van der Waals surface area contributed by atoms with Crippen molar-refractivity contribution in [2.45, 2.75) is 0 Å². The van der Waals surface area contributed by atoms with Gasteiger partial charge in [-0.1, -0.05) is 41.7 Å². The third-order valence-corrected chi connectivity index (χ3v) is 5.24. The monoisotopic (exact) mass is 410 g/mol. The number of nitrogens with zero attached hydrogens (tertiary/aromatic N) is 2. The van der Waals surface area contributed by atoms with Crippen LogP contribution in [0, 0.1) is 0 Å². The molecule has 29 heavy (non-hydrogen) atoms. The van der Waals surface area contributed by atoms with Crippen LogP contribution in [-0.4, -0.2) is 42.4 Å². The second-order valence-electron chi connectivity index (χ2n) is 6.02. The Kier molecular flexibility index (Phi) is 5.05. The van der Waals surface area contributed by atoms with E-state index < -0.39 is 0 Å². The van der Waals surface area contributed by atoms with Crippen LogP contribution in [0.2, 0.25) is 0 Å². The van der Waals surface area contributed by atoms with Gasteiger partial charge in [-0.25, -0.2) is 0 Å². The zero-order valence-electron chi connectivity index (χ0n) is 16.0. The fourth-order valence-electron chi connectivity index (χ4n) is 2.99. The molecule has 4 aromatic rings. The van der Waals surface area contributed by atoms with Crippen LogP contribution in [0.25, 0.3) is 21.5 Å². The van der Waals surface area contributed by atoms with E-state index >= 15 is 0 Å². The SMILES string of the molecule is COc1cc(OC)c2cc(C(=O)Nc3nnc(-c4ccccc4)s3)[nH]c2c1OC. The average molecular weight is 410 g/mol. The lowest BCUT2D eigenvalue weighted by molar-refractivity contribution is 0.102. The molecule has 0 spiro atoms. The predicted molar refractivity (Wildman–Crippen MR) is 111 cm³/mol. The molecule has 2 aromatic carbocycles. The van der Waals surface area contributed by atoms with Gasteiger partial charge < -0.3 is 19.2 Å². The Bertz CT molecular complexity index is 1170. The molecular formula is C20H18N4O4S. The first kappa shape index (κ1) is 18.8. The summed E-state index contributed by atoms with van der Waals surface area (Å²) in [6.07, 6.45) is 0. The van der Waals surface area contributed by atoms with Crippen LogP contribution in [0.4, 0.5) is 5.13 Å². The molecule has 0 bridgehead atoms. The lowest BCUT2D eigenvalue weighted by Gasteiger charge is -2.11. The molecule has 2 aromatic heterocycles. The van der Waals surface area contributed by atoms with E-state index in [0.717, 1.165) is 10.6 Å². The van der Waals surface area contributed by atoms with E-state index in [2.05, 4.69) is 20.5 Å². The molecule has 9 heteroatoms. The molecule has 4 rings (SSSR count). The van der Waals surface area contributed by atoms with Crippen LogP contribution < -0.4 is 19.5 Å². The minimum atomic E-state index is -0.347. The molecule has 8 nitrogen and oxygen atoms in total. The lowest BCUT2D eigenvalue weighted by atomic mass is 10.2. The summed E-state index contributed by atoms with van der Waals surface area (Å²) < 4.78 is 16.2. The van der Waals surface area contributed by atoms with Crippen molar-refractivity contribution < 1.29 is 19.0 Å². The number of methoxy groups -OCH3 is 3. The Labute approximate surface area is 170 Å². The minimum Gasteiger partial charge on any atom is -0.496 e. The van der Waals surface area contributed by atoms with Crippen molar-refractivity contribution in [1.29, 1.82) is 0 Å². The quantitative estimate of drug-likeness (QED) is 0.499. The molecule has 0 radical (unpaired) electrons. The second-order valence-corrected chi connectivity index (χ2v) is 7.00. The van der Waals surface area contributed by atoms with Crippen molar-refractivity contribution in [1.82, 2.24) is 15.2 Å². The van der Waals surface area contributed by atoms with Gasteiger partial charge in [0, 0.05) is 17.0 Å². The fraction of sp³-hybridized carbons (Fsp3) is 0.150. The number of aromatic amines is 1. The number of aromatic nitrogens is 3. The Morgan fingerprint density at radius 2 is 1.76 bits per heavy atom. The van der Waals surface area contributed by atoms with Gasteiger partial charge in [0.15, 0.2) is 11.5 Å². The maximum Gasteiger partial charge on any atom is 0.273 e. The molecule has 0 unspecified atom stereocenters. The van der Waals surface area contributed by atoms with Crippen LogP contribution in [0.15, 0.2) is 42.5 Å². The standard InChI is InChI=1S/C20H18N4O4S/c1-26-14-10-15(27-2)17(28-3)16-12(14)9-13(21-16)18(25)22-20-24-23-19(29-20)11-7-5-4-6-8-11/h4-10,21H,1-3H3,(H,22,24,25). The molecule has 0 fully saturated rings. The summed E-state index contributed by atoms with van der Waals surface area (Å²) >= 11 is 1.30. The number of nitrogens with one attached hydrogen (secondary N) is 2. The molecule has 0 aliphatic heterocycles. The highest BCUT2D eigenvalue weighted by Gasteiger charge is 2.20. The normalized spacial score (nSPS) is 10.7. The largest absolute Gasteiger partial charge is 0.496 e. The Morgan fingerprint density at radius 3 is 2.45 bits per heavy atom. The van der Waals surface area contributed by atoms with Gasteiger partial charge in [-0.3, -0.25) is 10.1 Å². The number of rotatable bonds is 6. The zero-order valence-corrected chi connectivity index (χ0v) is 16.8. The number of benzene rings is 2. The zero-order chi connectivity index (χ0) is 20.4. The number of carbonyl (C=O) groups is 1. The summed E-state index contributed by atoms with van der Waals surface area (Å²) in [6, 6.07) is 13.1. The van der Waals surface area contributed by atoms with Gasteiger partial charge in [0.1, 0.15) is 16.5 Å². The number of ether oxygens (including phenoxy) is 3. The van der Waals surface area contributed by atoms with Gasteiger partial charge in [-0.15, -0.1) is 10.2 Å². The van der Waals surface area contributed by atoms with Gasteiger partial charge >= 0.3 is 0 Å². The third kappa shape index (κ3) is 3.47. The summed E-state index contributed by atoms with van der Waals surface area (Å²) in [5.74, 6) is 1.21. The van der Waals surface area contributed by atoms with E-state index in [1.54, 1.807) is 26.4 Å². The molecule has 0 saturated heterocycles. The van der Waals surface area contributed by atoms with Crippen LogP contribution in [-0.2, 0) is 0 Å². The fourth-order valence-corrected chi connectivity index (χ4v) is 3.74. The summed E-state index contributed by atoms with van der Waals surface area (Å²) in [5, 5.41) is 12.8. The van der Waals surface area contributed by atoms with Gasteiger partial charge in [0.25, 0.3) is 5.91 Å². The van der Waals surface area contributed by atoms with Crippen LogP contribution >= 0.6 is 11.3 Å². The van der Waals surface area contributed by atoms with Crippen molar-refractivity contribution in [2.75, 3.05) is 26.6 Å². The van der Waals surface area contributed by atoms with Gasteiger partial charge in [0.05, 0.1) is 26.8 Å². The highest BCUT2D eigenvalue weighted by molar-refractivity contribution is 7.18. The van der Waals surface area contributed by atoms with Crippen LogP contribution in [0.1, 0.15) is 10.5 Å². The van der Waals surface area contributed by atoms with Crippen molar-refractivity contribution >= 4 is 33.3 Å². The van der Waals surface area contributed by atoms with E-state index in [1.165, 1.54) is 18.4 Å². The van der Waals surface area contributed by atoms with E-state index in [-0.39, 0.29) is 5.91 Å². The molecule has 2 heterocycles. The summed E-state index contributed by atoms with van der Waals surface area (Å²) in [7, 11) is 4.63. The molecule has 1 amide bonds. The molecule has 0 aliphatic carbocycles. The van der Waals surface area contributed by atoms with E-state index in [0.29, 0.717) is 39.0 Å². The van der Waals surface area contributed by atoms with Crippen LogP contribution in [0.5, 0.6) is 17.2 Å². The first-order valence-electron chi connectivity index (χ1n) is 8.66. The van der Waals surface area contributed by atoms with E-state index in [1.807, 2.05) is 30.3 Å². The Hall–Kier alpha value is -3.59.